The summed E-state index contributed by atoms with van der Waals surface area (Å²) >= 11 is 0. The molecule has 0 N–H and O–H groups in total. The van der Waals surface area contributed by atoms with E-state index in [-0.39, 0.29) is 12.1 Å². The van der Waals surface area contributed by atoms with Crippen LogP contribution in [0, 0.1) is 6.92 Å². The van der Waals surface area contributed by atoms with Crippen molar-refractivity contribution in [2.75, 3.05) is 6.54 Å². The first-order valence-electron chi connectivity index (χ1n) is 8.24. The summed E-state index contributed by atoms with van der Waals surface area (Å²) in [7, 11) is 0. The van der Waals surface area contributed by atoms with E-state index in [1.807, 2.05) is 52.0 Å². The van der Waals surface area contributed by atoms with Crippen LogP contribution in [0.15, 0.2) is 28.8 Å². The number of ether oxygens (including phenoxy) is 1. The Kier molecular flexibility index (Phi) is 4.30. The Morgan fingerprint density at radius 2 is 2.00 bits per heavy atom. The lowest BCUT2D eigenvalue weighted by atomic mass is 10.1. The number of rotatable bonds is 2. The molecule has 0 bridgehead atoms. The Hall–Kier alpha value is -2.37. The smallest absolute Gasteiger partial charge is 0.410 e. The molecule has 0 spiro atoms. The number of aryl methyl sites for hydroxylation is 1. The molecule has 1 aliphatic heterocycles. The lowest BCUT2D eigenvalue weighted by Crippen LogP contribution is -2.36. The van der Waals surface area contributed by atoms with Gasteiger partial charge < -0.3 is 9.26 Å². The van der Waals surface area contributed by atoms with Gasteiger partial charge in [0.2, 0.25) is 0 Å². The number of hydrogen-bond donors (Lipinski definition) is 0. The van der Waals surface area contributed by atoms with Gasteiger partial charge in [-0.25, -0.2) is 4.79 Å². The Morgan fingerprint density at radius 1 is 1.29 bits per heavy atom. The van der Waals surface area contributed by atoms with E-state index in [4.69, 9.17) is 9.26 Å². The van der Waals surface area contributed by atoms with E-state index in [2.05, 4.69) is 10.1 Å². The van der Waals surface area contributed by atoms with Gasteiger partial charge in [-0.3, -0.25) is 4.90 Å². The molecular formula is C18H23N3O3. The Morgan fingerprint density at radius 3 is 2.67 bits per heavy atom. The highest BCUT2D eigenvalue weighted by Gasteiger charge is 2.36. The quantitative estimate of drug-likeness (QED) is 0.829. The van der Waals surface area contributed by atoms with Gasteiger partial charge >= 0.3 is 6.09 Å². The molecule has 6 nitrogen and oxygen atoms in total. The summed E-state index contributed by atoms with van der Waals surface area (Å²) in [6, 6.07) is 7.71. The average Bonchev–Trinajstić information content (AvgIpc) is 3.15. The van der Waals surface area contributed by atoms with E-state index in [9.17, 15) is 4.79 Å². The highest BCUT2D eigenvalue weighted by atomic mass is 16.6. The molecule has 1 amide bonds. The lowest BCUT2D eigenvalue weighted by Gasteiger charge is -2.27. The van der Waals surface area contributed by atoms with Crippen LogP contribution in [-0.2, 0) is 4.74 Å². The number of amides is 1. The number of benzene rings is 1. The maximum Gasteiger partial charge on any atom is 0.410 e. The molecule has 1 aromatic heterocycles. The summed E-state index contributed by atoms with van der Waals surface area (Å²) in [6.45, 7) is 8.26. The standard InChI is InChI=1S/C18H23N3O3/c1-12-7-9-13(10-8-12)16-19-15(20-24-16)14-6-5-11-21(14)17(22)23-18(2,3)4/h7-10,14H,5-6,11H2,1-4H3. The second kappa shape index (κ2) is 6.26. The maximum atomic E-state index is 12.4. The summed E-state index contributed by atoms with van der Waals surface area (Å²) in [6.07, 6.45) is 1.39. The third kappa shape index (κ3) is 3.58. The molecule has 1 unspecified atom stereocenters. The first-order chi connectivity index (χ1) is 11.3. The van der Waals surface area contributed by atoms with Crippen LogP contribution in [0.2, 0.25) is 0 Å². The molecule has 0 saturated carbocycles. The Balaban J connectivity index is 1.78. The van der Waals surface area contributed by atoms with Crippen molar-refractivity contribution in [3.05, 3.63) is 35.7 Å². The molecule has 1 atom stereocenters. The van der Waals surface area contributed by atoms with Gasteiger partial charge in [-0.1, -0.05) is 22.9 Å². The van der Waals surface area contributed by atoms with E-state index in [1.54, 1.807) is 4.90 Å². The van der Waals surface area contributed by atoms with Gasteiger partial charge in [0.1, 0.15) is 5.60 Å². The third-order valence-corrected chi connectivity index (χ3v) is 3.92. The van der Waals surface area contributed by atoms with Gasteiger partial charge in [-0.15, -0.1) is 0 Å². The third-order valence-electron chi connectivity index (χ3n) is 3.92. The van der Waals surface area contributed by atoms with Crippen LogP contribution in [0.4, 0.5) is 4.79 Å². The second-order valence-electron chi connectivity index (χ2n) is 7.16. The molecule has 1 aromatic carbocycles. The van der Waals surface area contributed by atoms with Crippen LogP contribution in [0.5, 0.6) is 0 Å². The predicted octanol–water partition coefficient (Wildman–Crippen LogP) is 4.12. The number of nitrogens with zero attached hydrogens (tertiary/aromatic N) is 3. The summed E-state index contributed by atoms with van der Waals surface area (Å²) < 4.78 is 10.9. The van der Waals surface area contributed by atoms with Crippen LogP contribution >= 0.6 is 0 Å². The van der Waals surface area contributed by atoms with E-state index in [1.165, 1.54) is 5.56 Å². The number of aromatic nitrogens is 2. The Bertz CT molecular complexity index is 716. The molecule has 1 fully saturated rings. The van der Waals surface area contributed by atoms with Gasteiger partial charge in [0, 0.05) is 12.1 Å². The van der Waals surface area contributed by atoms with E-state index in [0.717, 1.165) is 18.4 Å². The summed E-state index contributed by atoms with van der Waals surface area (Å²) in [5.41, 5.74) is 1.53. The van der Waals surface area contributed by atoms with E-state index >= 15 is 0 Å². The highest BCUT2D eigenvalue weighted by Crippen LogP contribution is 2.32. The van der Waals surface area contributed by atoms with Crippen molar-refractivity contribution in [1.82, 2.24) is 15.0 Å². The summed E-state index contributed by atoms with van der Waals surface area (Å²) in [5.74, 6) is 1.01. The lowest BCUT2D eigenvalue weighted by molar-refractivity contribution is 0.0217. The van der Waals surface area contributed by atoms with Crippen molar-refractivity contribution >= 4 is 6.09 Å². The molecule has 0 aliphatic carbocycles. The number of likely N-dealkylation sites (tertiary alicyclic amines) is 1. The molecule has 1 aliphatic rings. The molecular weight excluding hydrogens is 306 g/mol. The van der Waals surface area contributed by atoms with Gasteiger partial charge in [0.25, 0.3) is 5.89 Å². The molecule has 24 heavy (non-hydrogen) atoms. The minimum Gasteiger partial charge on any atom is -0.444 e. The zero-order chi connectivity index (χ0) is 17.3. The van der Waals surface area contributed by atoms with Crippen molar-refractivity contribution in [2.45, 2.75) is 52.2 Å². The van der Waals surface area contributed by atoms with E-state index < -0.39 is 5.60 Å². The zero-order valence-corrected chi connectivity index (χ0v) is 14.6. The number of carbonyl (C=O) groups is 1. The molecule has 6 heteroatoms. The van der Waals surface area contributed by atoms with Gasteiger partial charge in [-0.2, -0.15) is 4.98 Å². The van der Waals surface area contributed by atoms with Gasteiger partial charge in [0.05, 0.1) is 6.04 Å². The minimum absolute atomic E-state index is 0.192. The second-order valence-corrected chi connectivity index (χ2v) is 7.16. The normalized spacial score (nSPS) is 18.0. The van der Waals surface area contributed by atoms with Gasteiger partial charge in [0.15, 0.2) is 5.82 Å². The summed E-state index contributed by atoms with van der Waals surface area (Å²) in [4.78, 5) is 18.6. The highest BCUT2D eigenvalue weighted by molar-refractivity contribution is 5.69. The number of hydrogen-bond acceptors (Lipinski definition) is 5. The van der Waals surface area contributed by atoms with Crippen molar-refractivity contribution in [1.29, 1.82) is 0 Å². The molecule has 3 rings (SSSR count). The topological polar surface area (TPSA) is 68.5 Å². The fourth-order valence-electron chi connectivity index (χ4n) is 2.76. The zero-order valence-electron chi connectivity index (χ0n) is 14.6. The van der Waals surface area contributed by atoms with Crippen LogP contribution in [0.3, 0.4) is 0 Å². The largest absolute Gasteiger partial charge is 0.444 e. The van der Waals surface area contributed by atoms with E-state index in [0.29, 0.717) is 18.3 Å². The summed E-state index contributed by atoms with van der Waals surface area (Å²) in [5, 5.41) is 4.09. The molecule has 128 valence electrons. The first-order valence-corrected chi connectivity index (χ1v) is 8.24. The molecule has 1 saturated heterocycles. The predicted molar refractivity (Wildman–Crippen MR) is 89.4 cm³/mol. The van der Waals surface area contributed by atoms with Crippen LogP contribution < -0.4 is 0 Å². The molecule has 2 aromatic rings. The SMILES string of the molecule is Cc1ccc(-c2nc(C3CCCN3C(=O)OC(C)(C)C)no2)cc1. The molecule has 2 heterocycles. The molecule has 0 radical (unpaired) electrons. The fourth-order valence-corrected chi connectivity index (χ4v) is 2.76. The minimum atomic E-state index is -0.519. The van der Waals surface area contributed by atoms with Crippen molar-refractivity contribution in [3.8, 4) is 11.5 Å². The number of carbonyl (C=O) groups excluding carboxylic acids is 1. The van der Waals surface area contributed by atoms with Crippen molar-refractivity contribution in [2.24, 2.45) is 0 Å². The van der Waals surface area contributed by atoms with Crippen molar-refractivity contribution in [3.63, 3.8) is 0 Å². The maximum absolute atomic E-state index is 12.4. The first kappa shape index (κ1) is 16.5. The van der Waals surface area contributed by atoms with Gasteiger partial charge in [-0.05, 0) is 52.7 Å². The van der Waals surface area contributed by atoms with Crippen LogP contribution in [0.1, 0.15) is 51.0 Å². The van der Waals surface area contributed by atoms with Crippen molar-refractivity contribution < 1.29 is 14.1 Å². The Labute approximate surface area is 141 Å². The average molecular weight is 329 g/mol. The fraction of sp³-hybridized carbons (Fsp3) is 0.500. The van der Waals surface area contributed by atoms with Crippen LogP contribution in [0.25, 0.3) is 11.5 Å². The van der Waals surface area contributed by atoms with Crippen LogP contribution in [-0.4, -0.2) is 33.3 Å². The monoisotopic (exact) mass is 329 g/mol.